The molecule has 2 aromatic carbocycles. The molecule has 1 saturated carbocycles. The van der Waals surface area contributed by atoms with E-state index in [4.69, 9.17) is 4.74 Å². The maximum Gasteiger partial charge on any atom is 0.167 e. The Morgan fingerprint density at radius 2 is 1.81 bits per heavy atom. The Labute approximate surface area is 125 Å². The SMILES string of the molecule is Cc1cccc(OCc2ccc(CNC3CC3)cc2)c1F. The average molecular weight is 285 g/mol. The number of benzene rings is 2. The zero-order valence-corrected chi connectivity index (χ0v) is 12.2. The lowest BCUT2D eigenvalue weighted by Gasteiger charge is -2.09. The van der Waals surface area contributed by atoms with Gasteiger partial charge in [0.1, 0.15) is 6.61 Å². The lowest BCUT2D eigenvalue weighted by Crippen LogP contribution is -2.15. The molecule has 110 valence electrons. The highest BCUT2D eigenvalue weighted by Crippen LogP contribution is 2.21. The first-order valence-corrected chi connectivity index (χ1v) is 7.41. The minimum Gasteiger partial charge on any atom is -0.486 e. The van der Waals surface area contributed by atoms with Crippen LogP contribution in [0.5, 0.6) is 5.75 Å². The molecule has 0 heterocycles. The average Bonchev–Trinajstić information content (AvgIpc) is 3.32. The second kappa shape index (κ2) is 6.27. The molecular weight excluding hydrogens is 265 g/mol. The van der Waals surface area contributed by atoms with Gasteiger partial charge in [-0.25, -0.2) is 4.39 Å². The van der Waals surface area contributed by atoms with Crippen molar-refractivity contribution in [1.29, 1.82) is 0 Å². The van der Waals surface area contributed by atoms with E-state index >= 15 is 0 Å². The second-order valence-corrected chi connectivity index (χ2v) is 5.65. The van der Waals surface area contributed by atoms with Crippen LogP contribution in [0.4, 0.5) is 4.39 Å². The Kier molecular flexibility index (Phi) is 4.20. The van der Waals surface area contributed by atoms with Crippen LogP contribution in [0.1, 0.15) is 29.5 Å². The largest absolute Gasteiger partial charge is 0.486 e. The molecule has 3 rings (SSSR count). The Balaban J connectivity index is 1.56. The number of aryl methyl sites for hydroxylation is 1. The molecule has 0 bridgehead atoms. The van der Waals surface area contributed by atoms with Crippen LogP contribution < -0.4 is 10.1 Å². The van der Waals surface area contributed by atoms with Gasteiger partial charge in [0.25, 0.3) is 0 Å². The molecule has 0 spiro atoms. The van der Waals surface area contributed by atoms with Crippen LogP contribution in [0.3, 0.4) is 0 Å². The summed E-state index contributed by atoms with van der Waals surface area (Å²) in [6.45, 7) is 3.04. The third-order valence-corrected chi connectivity index (χ3v) is 3.75. The van der Waals surface area contributed by atoms with Gasteiger partial charge in [-0.1, -0.05) is 36.4 Å². The molecule has 1 N–H and O–H groups in total. The molecule has 0 amide bonds. The van der Waals surface area contributed by atoms with Crippen LogP contribution in [0.25, 0.3) is 0 Å². The molecule has 2 aromatic rings. The Hall–Kier alpha value is -1.87. The third kappa shape index (κ3) is 3.82. The number of halogens is 1. The molecule has 0 aromatic heterocycles. The van der Waals surface area contributed by atoms with E-state index in [1.807, 2.05) is 12.1 Å². The minimum absolute atomic E-state index is 0.275. The van der Waals surface area contributed by atoms with Gasteiger partial charge in [-0.3, -0.25) is 0 Å². The highest BCUT2D eigenvalue weighted by Gasteiger charge is 2.19. The molecule has 21 heavy (non-hydrogen) atoms. The Morgan fingerprint density at radius 1 is 1.10 bits per heavy atom. The minimum atomic E-state index is -0.275. The van der Waals surface area contributed by atoms with Crippen LogP contribution in [0.2, 0.25) is 0 Å². The van der Waals surface area contributed by atoms with E-state index in [1.165, 1.54) is 18.4 Å². The molecule has 1 aliphatic rings. The summed E-state index contributed by atoms with van der Waals surface area (Å²) in [5.41, 5.74) is 2.92. The fraction of sp³-hybridized carbons (Fsp3) is 0.333. The molecule has 2 nitrogen and oxygen atoms in total. The molecule has 1 aliphatic carbocycles. The summed E-state index contributed by atoms with van der Waals surface area (Å²) >= 11 is 0. The lowest BCUT2D eigenvalue weighted by atomic mass is 10.1. The second-order valence-electron chi connectivity index (χ2n) is 5.65. The molecule has 0 atom stereocenters. The molecule has 1 fully saturated rings. The zero-order chi connectivity index (χ0) is 14.7. The Morgan fingerprint density at radius 3 is 2.52 bits per heavy atom. The molecule has 0 radical (unpaired) electrons. The maximum absolute atomic E-state index is 13.8. The lowest BCUT2D eigenvalue weighted by molar-refractivity contribution is 0.289. The normalized spacial score (nSPS) is 14.2. The van der Waals surface area contributed by atoms with Gasteiger partial charge in [0.15, 0.2) is 11.6 Å². The van der Waals surface area contributed by atoms with E-state index in [0.29, 0.717) is 17.9 Å². The number of ether oxygens (including phenoxy) is 1. The van der Waals surface area contributed by atoms with Crippen molar-refractivity contribution >= 4 is 0 Å². The predicted molar refractivity (Wildman–Crippen MR) is 81.8 cm³/mol. The molecule has 3 heteroatoms. The van der Waals surface area contributed by atoms with E-state index in [-0.39, 0.29) is 5.82 Å². The first-order valence-electron chi connectivity index (χ1n) is 7.41. The fourth-order valence-corrected chi connectivity index (χ4v) is 2.20. The van der Waals surface area contributed by atoms with Gasteiger partial charge in [-0.05, 0) is 42.5 Å². The summed E-state index contributed by atoms with van der Waals surface area (Å²) in [5.74, 6) is 0.0391. The fourth-order valence-electron chi connectivity index (χ4n) is 2.20. The van der Waals surface area contributed by atoms with Crippen LogP contribution >= 0.6 is 0 Å². The van der Waals surface area contributed by atoms with Crippen molar-refractivity contribution in [3.05, 3.63) is 65.0 Å². The Bertz CT molecular complexity index is 605. The number of hydrogen-bond donors (Lipinski definition) is 1. The van der Waals surface area contributed by atoms with Gasteiger partial charge in [0, 0.05) is 12.6 Å². The van der Waals surface area contributed by atoms with Crippen molar-refractivity contribution in [2.75, 3.05) is 0 Å². The van der Waals surface area contributed by atoms with E-state index in [9.17, 15) is 4.39 Å². The first-order chi connectivity index (χ1) is 10.2. The van der Waals surface area contributed by atoms with Crippen molar-refractivity contribution in [3.8, 4) is 5.75 Å². The number of hydrogen-bond acceptors (Lipinski definition) is 2. The van der Waals surface area contributed by atoms with Crippen LogP contribution in [0.15, 0.2) is 42.5 Å². The summed E-state index contributed by atoms with van der Waals surface area (Å²) in [5, 5.41) is 3.48. The molecular formula is C18H20FNO. The van der Waals surface area contributed by atoms with Gasteiger partial charge in [-0.2, -0.15) is 0 Å². The van der Waals surface area contributed by atoms with Crippen molar-refractivity contribution in [2.45, 2.75) is 39.0 Å². The summed E-state index contributed by atoms with van der Waals surface area (Å²) in [7, 11) is 0. The van der Waals surface area contributed by atoms with Crippen molar-refractivity contribution in [1.82, 2.24) is 5.32 Å². The summed E-state index contributed by atoms with van der Waals surface area (Å²) < 4.78 is 19.4. The van der Waals surface area contributed by atoms with E-state index in [2.05, 4.69) is 17.4 Å². The first kappa shape index (κ1) is 14.1. The van der Waals surface area contributed by atoms with Crippen LogP contribution in [-0.4, -0.2) is 6.04 Å². The van der Waals surface area contributed by atoms with E-state index < -0.39 is 0 Å². The molecule has 0 unspecified atom stereocenters. The van der Waals surface area contributed by atoms with Crippen molar-refractivity contribution in [2.24, 2.45) is 0 Å². The topological polar surface area (TPSA) is 21.3 Å². The standard InChI is InChI=1S/C18H20FNO/c1-13-3-2-4-17(18(13)19)21-12-15-7-5-14(6-8-15)11-20-16-9-10-16/h2-8,16,20H,9-12H2,1H3. The van der Waals surface area contributed by atoms with Gasteiger partial charge < -0.3 is 10.1 Å². The summed E-state index contributed by atoms with van der Waals surface area (Å²) in [4.78, 5) is 0. The predicted octanol–water partition coefficient (Wildman–Crippen LogP) is 3.97. The quantitative estimate of drug-likeness (QED) is 0.867. The molecule has 0 aliphatic heterocycles. The zero-order valence-electron chi connectivity index (χ0n) is 12.2. The van der Waals surface area contributed by atoms with Gasteiger partial charge in [0.05, 0.1) is 0 Å². The highest BCUT2D eigenvalue weighted by molar-refractivity contribution is 5.30. The summed E-state index contributed by atoms with van der Waals surface area (Å²) in [6, 6.07) is 14.2. The van der Waals surface area contributed by atoms with E-state index in [1.54, 1.807) is 25.1 Å². The molecule has 0 saturated heterocycles. The van der Waals surface area contributed by atoms with Crippen LogP contribution in [0, 0.1) is 12.7 Å². The van der Waals surface area contributed by atoms with E-state index in [0.717, 1.165) is 18.2 Å². The van der Waals surface area contributed by atoms with Gasteiger partial charge >= 0.3 is 0 Å². The monoisotopic (exact) mass is 285 g/mol. The van der Waals surface area contributed by atoms with Gasteiger partial charge in [-0.15, -0.1) is 0 Å². The number of nitrogens with one attached hydrogen (secondary N) is 1. The number of rotatable bonds is 6. The highest BCUT2D eigenvalue weighted by atomic mass is 19.1. The third-order valence-electron chi connectivity index (χ3n) is 3.75. The van der Waals surface area contributed by atoms with Crippen molar-refractivity contribution in [3.63, 3.8) is 0 Å². The maximum atomic E-state index is 13.8. The van der Waals surface area contributed by atoms with Crippen LogP contribution in [-0.2, 0) is 13.2 Å². The smallest absolute Gasteiger partial charge is 0.167 e. The summed E-state index contributed by atoms with van der Waals surface area (Å²) in [6.07, 6.45) is 2.60. The van der Waals surface area contributed by atoms with Gasteiger partial charge in [0.2, 0.25) is 0 Å². The van der Waals surface area contributed by atoms with Crippen molar-refractivity contribution < 1.29 is 9.13 Å².